The topological polar surface area (TPSA) is 64.0 Å². The van der Waals surface area contributed by atoms with Crippen LogP contribution in [0.1, 0.15) is 24.5 Å². The summed E-state index contributed by atoms with van der Waals surface area (Å²) in [6.45, 7) is 2.66. The van der Waals surface area contributed by atoms with Gasteiger partial charge >= 0.3 is 0 Å². The highest BCUT2D eigenvalue weighted by Gasteiger charge is 2.15. The quantitative estimate of drug-likeness (QED) is 0.479. The average molecular weight is 406 g/mol. The van der Waals surface area contributed by atoms with E-state index >= 15 is 0 Å². The standard InChI is InChI=1S/C23H23N3O2S/c1-2-6-18-11-13-21(14-12-18)29(27,28)25-23-15-16-26(24-23)17-20-9-5-8-19-7-3-4-10-22(19)20/h3-5,7-16H,2,6,17H2,1H3,(H,24,25). The summed E-state index contributed by atoms with van der Waals surface area (Å²) in [4.78, 5) is 0.237. The van der Waals surface area contributed by atoms with Gasteiger partial charge in [-0.3, -0.25) is 9.40 Å². The molecule has 1 heterocycles. The molecule has 0 saturated heterocycles. The Hall–Kier alpha value is -3.12. The summed E-state index contributed by atoms with van der Waals surface area (Å²) in [7, 11) is -3.67. The molecule has 0 aliphatic heterocycles. The summed E-state index contributed by atoms with van der Waals surface area (Å²) in [6.07, 6.45) is 3.74. The first kappa shape index (κ1) is 19.2. The fourth-order valence-corrected chi connectivity index (χ4v) is 4.43. The van der Waals surface area contributed by atoms with Crippen LogP contribution in [-0.2, 0) is 23.0 Å². The molecule has 4 rings (SSSR count). The van der Waals surface area contributed by atoms with Gasteiger partial charge in [0.15, 0.2) is 5.82 Å². The van der Waals surface area contributed by atoms with E-state index in [0.717, 1.165) is 24.0 Å². The van der Waals surface area contributed by atoms with E-state index in [2.05, 4.69) is 41.0 Å². The molecule has 0 atom stereocenters. The second kappa shape index (κ2) is 8.09. The van der Waals surface area contributed by atoms with Crippen LogP contribution in [0.5, 0.6) is 0 Å². The molecule has 4 aromatic rings. The van der Waals surface area contributed by atoms with E-state index in [1.165, 1.54) is 10.8 Å². The van der Waals surface area contributed by atoms with Crippen molar-refractivity contribution >= 4 is 26.6 Å². The number of nitrogens with one attached hydrogen (secondary N) is 1. The van der Waals surface area contributed by atoms with E-state index in [9.17, 15) is 8.42 Å². The molecule has 0 bridgehead atoms. The van der Waals surface area contributed by atoms with E-state index in [1.807, 2.05) is 30.3 Å². The number of rotatable bonds is 7. The summed E-state index contributed by atoms with van der Waals surface area (Å²) in [6, 6.07) is 23.0. The van der Waals surface area contributed by atoms with Gasteiger partial charge in [-0.05, 0) is 40.5 Å². The van der Waals surface area contributed by atoms with E-state index in [4.69, 9.17) is 0 Å². The number of aryl methyl sites for hydroxylation is 1. The molecule has 0 radical (unpaired) electrons. The Morgan fingerprint density at radius 1 is 0.931 bits per heavy atom. The summed E-state index contributed by atoms with van der Waals surface area (Å²) < 4.78 is 29.6. The lowest BCUT2D eigenvalue weighted by atomic mass is 10.0. The second-order valence-corrected chi connectivity index (χ2v) is 8.72. The third-order valence-electron chi connectivity index (χ3n) is 4.86. The third kappa shape index (κ3) is 4.32. The number of hydrogen-bond donors (Lipinski definition) is 1. The number of hydrogen-bond acceptors (Lipinski definition) is 3. The SMILES string of the molecule is CCCc1ccc(S(=O)(=O)Nc2ccn(Cc3cccc4ccccc34)n2)cc1. The highest BCUT2D eigenvalue weighted by molar-refractivity contribution is 7.92. The Morgan fingerprint density at radius 3 is 2.48 bits per heavy atom. The van der Waals surface area contributed by atoms with Crippen LogP contribution >= 0.6 is 0 Å². The molecule has 6 heteroatoms. The predicted molar refractivity (Wildman–Crippen MR) is 117 cm³/mol. The third-order valence-corrected chi connectivity index (χ3v) is 6.23. The summed E-state index contributed by atoms with van der Waals surface area (Å²) in [5, 5.41) is 6.73. The molecular formula is C23H23N3O2S. The maximum atomic E-state index is 12.7. The smallest absolute Gasteiger partial charge is 0.263 e. The van der Waals surface area contributed by atoms with E-state index in [1.54, 1.807) is 29.1 Å². The highest BCUT2D eigenvalue weighted by Crippen LogP contribution is 2.20. The maximum absolute atomic E-state index is 12.7. The van der Waals surface area contributed by atoms with Gasteiger partial charge in [-0.2, -0.15) is 5.10 Å². The van der Waals surface area contributed by atoms with Gasteiger partial charge in [-0.1, -0.05) is 67.9 Å². The number of benzene rings is 3. The fourth-order valence-electron chi connectivity index (χ4n) is 3.43. The number of sulfonamides is 1. The monoisotopic (exact) mass is 405 g/mol. The number of aromatic nitrogens is 2. The molecule has 0 amide bonds. The van der Waals surface area contributed by atoms with Crippen LogP contribution in [0.25, 0.3) is 10.8 Å². The van der Waals surface area contributed by atoms with Crippen LogP contribution in [0.3, 0.4) is 0 Å². The van der Waals surface area contributed by atoms with Gasteiger partial charge in [-0.15, -0.1) is 0 Å². The molecule has 1 aromatic heterocycles. The first-order valence-electron chi connectivity index (χ1n) is 9.67. The van der Waals surface area contributed by atoms with Crippen molar-refractivity contribution in [2.75, 3.05) is 4.72 Å². The molecule has 0 fully saturated rings. The molecule has 0 aliphatic rings. The van der Waals surface area contributed by atoms with Crippen molar-refractivity contribution in [2.24, 2.45) is 0 Å². The van der Waals surface area contributed by atoms with Crippen molar-refractivity contribution in [3.8, 4) is 0 Å². The van der Waals surface area contributed by atoms with Crippen LogP contribution < -0.4 is 4.72 Å². The fraction of sp³-hybridized carbons (Fsp3) is 0.174. The van der Waals surface area contributed by atoms with Gasteiger partial charge in [0.2, 0.25) is 0 Å². The minimum Gasteiger partial charge on any atom is -0.266 e. The van der Waals surface area contributed by atoms with E-state index in [0.29, 0.717) is 12.4 Å². The zero-order valence-electron chi connectivity index (χ0n) is 16.2. The molecule has 0 saturated carbocycles. The summed E-state index contributed by atoms with van der Waals surface area (Å²) >= 11 is 0. The van der Waals surface area contributed by atoms with Gasteiger partial charge in [0, 0.05) is 12.3 Å². The Bertz CT molecular complexity index is 1220. The zero-order chi connectivity index (χ0) is 20.3. The highest BCUT2D eigenvalue weighted by atomic mass is 32.2. The molecule has 148 valence electrons. The van der Waals surface area contributed by atoms with Crippen molar-refractivity contribution < 1.29 is 8.42 Å². The second-order valence-electron chi connectivity index (χ2n) is 7.04. The lowest BCUT2D eigenvalue weighted by Crippen LogP contribution is -2.14. The average Bonchev–Trinajstić information content (AvgIpc) is 3.15. The maximum Gasteiger partial charge on any atom is 0.263 e. The minimum atomic E-state index is -3.67. The Labute approximate surface area is 171 Å². The molecule has 0 spiro atoms. The molecule has 3 aromatic carbocycles. The van der Waals surface area contributed by atoms with E-state index < -0.39 is 10.0 Å². The van der Waals surface area contributed by atoms with Crippen molar-refractivity contribution in [1.29, 1.82) is 0 Å². The zero-order valence-corrected chi connectivity index (χ0v) is 17.1. The number of fused-ring (bicyclic) bond motifs is 1. The van der Waals surface area contributed by atoms with Gasteiger partial charge < -0.3 is 0 Å². The van der Waals surface area contributed by atoms with Crippen LogP contribution in [0, 0.1) is 0 Å². The van der Waals surface area contributed by atoms with Gasteiger partial charge in [0.1, 0.15) is 0 Å². The van der Waals surface area contributed by atoms with Gasteiger partial charge in [0.05, 0.1) is 11.4 Å². The van der Waals surface area contributed by atoms with Gasteiger partial charge in [0.25, 0.3) is 10.0 Å². The lowest BCUT2D eigenvalue weighted by Gasteiger charge is -2.08. The molecule has 0 aliphatic carbocycles. The molecule has 5 nitrogen and oxygen atoms in total. The minimum absolute atomic E-state index is 0.237. The Balaban J connectivity index is 1.51. The number of nitrogens with zero attached hydrogens (tertiary/aromatic N) is 2. The molecule has 1 N–H and O–H groups in total. The van der Waals surface area contributed by atoms with Gasteiger partial charge in [-0.25, -0.2) is 8.42 Å². The number of anilines is 1. The van der Waals surface area contributed by atoms with Crippen LogP contribution in [-0.4, -0.2) is 18.2 Å². The van der Waals surface area contributed by atoms with Crippen LogP contribution in [0.2, 0.25) is 0 Å². The predicted octanol–water partition coefficient (Wildman–Crippen LogP) is 4.84. The normalized spacial score (nSPS) is 11.6. The summed E-state index contributed by atoms with van der Waals surface area (Å²) in [5.41, 5.74) is 2.26. The largest absolute Gasteiger partial charge is 0.266 e. The first-order valence-corrected chi connectivity index (χ1v) is 11.2. The van der Waals surface area contributed by atoms with Crippen molar-refractivity contribution in [1.82, 2.24) is 9.78 Å². The summed E-state index contributed by atoms with van der Waals surface area (Å²) in [5.74, 6) is 0.308. The molecule has 0 unspecified atom stereocenters. The van der Waals surface area contributed by atoms with Crippen molar-refractivity contribution in [3.05, 3.63) is 90.1 Å². The van der Waals surface area contributed by atoms with Crippen molar-refractivity contribution in [3.63, 3.8) is 0 Å². The van der Waals surface area contributed by atoms with Crippen molar-refractivity contribution in [2.45, 2.75) is 31.2 Å². The molecular weight excluding hydrogens is 382 g/mol. The van der Waals surface area contributed by atoms with Crippen LogP contribution in [0.15, 0.2) is 83.9 Å². The molecule has 29 heavy (non-hydrogen) atoms. The lowest BCUT2D eigenvalue weighted by molar-refractivity contribution is 0.600. The Morgan fingerprint density at radius 2 is 1.69 bits per heavy atom. The first-order chi connectivity index (χ1) is 14.0. The van der Waals surface area contributed by atoms with Crippen LogP contribution in [0.4, 0.5) is 5.82 Å². The Kier molecular flexibility index (Phi) is 5.36. The van der Waals surface area contributed by atoms with E-state index in [-0.39, 0.29) is 4.90 Å².